The van der Waals surface area contributed by atoms with Crippen LogP contribution in [0, 0.1) is 6.92 Å². The molecule has 2 aromatic heterocycles. The van der Waals surface area contributed by atoms with Gasteiger partial charge in [-0.3, -0.25) is 9.67 Å². The lowest BCUT2D eigenvalue weighted by Gasteiger charge is -2.12. The largest absolute Gasteiger partial charge is 0.361 e. The molecule has 0 bridgehead atoms. The van der Waals surface area contributed by atoms with Crippen LogP contribution in [0.15, 0.2) is 47.8 Å². The minimum atomic E-state index is 0. The second-order valence-electron chi connectivity index (χ2n) is 6.11. The predicted octanol–water partition coefficient (Wildman–Crippen LogP) is 3.09. The Balaban J connectivity index is 0.00000243. The van der Waals surface area contributed by atoms with Crippen molar-refractivity contribution in [1.82, 2.24) is 25.4 Å². The molecule has 0 aliphatic carbocycles. The van der Waals surface area contributed by atoms with Gasteiger partial charge in [0.15, 0.2) is 5.96 Å². The van der Waals surface area contributed by atoms with E-state index in [4.69, 9.17) is 0 Å². The topological polar surface area (TPSA) is 70.0 Å². The van der Waals surface area contributed by atoms with Gasteiger partial charge in [-0.1, -0.05) is 12.1 Å². The van der Waals surface area contributed by atoms with E-state index in [1.165, 1.54) is 22.0 Å². The molecular weight excluding hydrogens is 439 g/mol. The fraction of sp³-hybridized carbons (Fsp3) is 0.368. The van der Waals surface area contributed by atoms with E-state index in [-0.39, 0.29) is 24.0 Å². The molecule has 0 amide bonds. The van der Waals surface area contributed by atoms with Crippen LogP contribution in [0.5, 0.6) is 0 Å². The molecule has 7 heteroatoms. The number of aliphatic imine (C=N–C) groups is 1. The van der Waals surface area contributed by atoms with E-state index >= 15 is 0 Å². The molecule has 6 nitrogen and oxygen atoms in total. The third kappa shape index (κ3) is 5.23. The molecule has 2 heterocycles. The molecule has 0 radical (unpaired) electrons. The summed E-state index contributed by atoms with van der Waals surface area (Å²) < 4.78 is 1.94. The van der Waals surface area contributed by atoms with E-state index in [9.17, 15) is 0 Å². The Bertz CT molecular complexity index is 822. The fourth-order valence-corrected chi connectivity index (χ4v) is 3.07. The fourth-order valence-electron chi connectivity index (χ4n) is 3.07. The third-order valence-corrected chi connectivity index (χ3v) is 4.32. The van der Waals surface area contributed by atoms with E-state index in [1.54, 1.807) is 13.2 Å². The van der Waals surface area contributed by atoms with Gasteiger partial charge in [0.2, 0.25) is 0 Å². The van der Waals surface area contributed by atoms with E-state index in [1.807, 2.05) is 16.9 Å². The molecular formula is C19H27IN6. The van der Waals surface area contributed by atoms with Gasteiger partial charge in [-0.15, -0.1) is 24.0 Å². The van der Waals surface area contributed by atoms with Crippen LogP contribution >= 0.6 is 24.0 Å². The number of benzene rings is 1. The first kappa shape index (κ1) is 20.3. The summed E-state index contributed by atoms with van der Waals surface area (Å²) in [6, 6.07) is 8.32. The average molecular weight is 466 g/mol. The molecule has 0 saturated heterocycles. The van der Waals surface area contributed by atoms with E-state index < -0.39 is 0 Å². The molecule has 0 fully saturated rings. The van der Waals surface area contributed by atoms with Gasteiger partial charge < -0.3 is 15.6 Å². The highest BCUT2D eigenvalue weighted by molar-refractivity contribution is 14.0. The molecule has 140 valence electrons. The number of nitrogens with zero attached hydrogens (tertiary/aromatic N) is 3. The van der Waals surface area contributed by atoms with Gasteiger partial charge in [0.25, 0.3) is 0 Å². The Morgan fingerprint density at radius 3 is 2.85 bits per heavy atom. The Hall–Kier alpha value is -2.03. The molecule has 0 saturated carbocycles. The van der Waals surface area contributed by atoms with E-state index in [0.29, 0.717) is 0 Å². The monoisotopic (exact) mass is 466 g/mol. The number of guanidine groups is 1. The second kappa shape index (κ2) is 10.2. The van der Waals surface area contributed by atoms with E-state index in [2.05, 4.69) is 57.0 Å². The number of aryl methyl sites for hydroxylation is 2. The average Bonchev–Trinajstić information content (AvgIpc) is 3.27. The molecule has 3 rings (SSSR count). The molecule has 1 aromatic carbocycles. The Labute approximate surface area is 171 Å². The lowest BCUT2D eigenvalue weighted by Crippen LogP contribution is -2.39. The molecule has 0 aliphatic heterocycles. The van der Waals surface area contributed by atoms with Crippen molar-refractivity contribution in [3.8, 4) is 0 Å². The van der Waals surface area contributed by atoms with Crippen molar-refractivity contribution in [2.24, 2.45) is 4.99 Å². The van der Waals surface area contributed by atoms with Gasteiger partial charge in [-0.25, -0.2) is 0 Å². The Morgan fingerprint density at radius 2 is 2.08 bits per heavy atom. The number of hydrogen-bond donors (Lipinski definition) is 3. The maximum Gasteiger partial charge on any atom is 0.190 e. The van der Waals surface area contributed by atoms with Crippen molar-refractivity contribution in [2.45, 2.75) is 26.3 Å². The summed E-state index contributed by atoms with van der Waals surface area (Å²) in [4.78, 5) is 7.64. The number of aromatic amines is 1. The Kier molecular flexibility index (Phi) is 7.96. The third-order valence-electron chi connectivity index (χ3n) is 4.32. The maximum atomic E-state index is 4.29. The molecule has 26 heavy (non-hydrogen) atoms. The first-order valence-corrected chi connectivity index (χ1v) is 8.75. The van der Waals surface area contributed by atoms with Gasteiger partial charge in [0, 0.05) is 56.2 Å². The van der Waals surface area contributed by atoms with Crippen LogP contribution < -0.4 is 10.6 Å². The van der Waals surface area contributed by atoms with Gasteiger partial charge in [-0.05, 0) is 43.0 Å². The Morgan fingerprint density at radius 1 is 1.23 bits per heavy atom. The second-order valence-corrected chi connectivity index (χ2v) is 6.11. The van der Waals surface area contributed by atoms with Gasteiger partial charge >= 0.3 is 0 Å². The van der Waals surface area contributed by atoms with Crippen LogP contribution in [0.2, 0.25) is 0 Å². The van der Waals surface area contributed by atoms with Crippen LogP contribution in [0.25, 0.3) is 10.9 Å². The smallest absolute Gasteiger partial charge is 0.190 e. The minimum absolute atomic E-state index is 0. The standard InChI is InChI=1S/C19H26N6.HI/c1-15-6-3-7-17-18(15)16(14-23-17)8-11-22-19(20-2)21-9-4-12-25-13-5-10-24-25;/h3,5-7,10,13-14,23H,4,8-9,11-12H2,1-2H3,(H2,20,21,22);1H. The van der Waals surface area contributed by atoms with Crippen molar-refractivity contribution >= 4 is 40.8 Å². The zero-order chi connectivity index (χ0) is 17.5. The van der Waals surface area contributed by atoms with Crippen molar-refractivity contribution in [3.63, 3.8) is 0 Å². The summed E-state index contributed by atoms with van der Waals surface area (Å²) in [5.74, 6) is 0.844. The molecule has 0 spiro atoms. The summed E-state index contributed by atoms with van der Waals surface area (Å²) in [6.45, 7) is 4.78. The molecule has 3 N–H and O–H groups in total. The summed E-state index contributed by atoms with van der Waals surface area (Å²) >= 11 is 0. The van der Waals surface area contributed by atoms with Crippen LogP contribution in [-0.2, 0) is 13.0 Å². The van der Waals surface area contributed by atoms with Crippen molar-refractivity contribution in [1.29, 1.82) is 0 Å². The summed E-state index contributed by atoms with van der Waals surface area (Å²) in [5.41, 5.74) is 3.86. The highest BCUT2D eigenvalue weighted by Crippen LogP contribution is 2.22. The van der Waals surface area contributed by atoms with Crippen LogP contribution in [0.4, 0.5) is 0 Å². The van der Waals surface area contributed by atoms with Crippen LogP contribution in [0.3, 0.4) is 0 Å². The maximum absolute atomic E-state index is 4.29. The van der Waals surface area contributed by atoms with Crippen molar-refractivity contribution < 1.29 is 0 Å². The first-order chi connectivity index (χ1) is 12.3. The molecule has 0 aliphatic rings. The lowest BCUT2D eigenvalue weighted by molar-refractivity contribution is 0.570. The van der Waals surface area contributed by atoms with Gasteiger partial charge in [-0.2, -0.15) is 5.10 Å². The zero-order valence-electron chi connectivity index (χ0n) is 15.3. The van der Waals surface area contributed by atoms with Crippen molar-refractivity contribution in [3.05, 3.63) is 54.0 Å². The van der Waals surface area contributed by atoms with Crippen LogP contribution in [-0.4, -0.2) is 40.9 Å². The highest BCUT2D eigenvalue weighted by atomic mass is 127. The lowest BCUT2D eigenvalue weighted by atomic mass is 10.1. The predicted molar refractivity (Wildman–Crippen MR) is 118 cm³/mol. The molecule has 0 unspecified atom stereocenters. The van der Waals surface area contributed by atoms with Crippen LogP contribution in [0.1, 0.15) is 17.5 Å². The van der Waals surface area contributed by atoms with Gasteiger partial charge in [0.05, 0.1) is 0 Å². The molecule has 3 aromatic rings. The van der Waals surface area contributed by atoms with Gasteiger partial charge in [0.1, 0.15) is 0 Å². The summed E-state index contributed by atoms with van der Waals surface area (Å²) in [7, 11) is 1.80. The number of rotatable bonds is 7. The number of aromatic nitrogens is 3. The molecule has 0 atom stereocenters. The SMILES string of the molecule is CN=C(NCCCn1cccn1)NCCc1c[nH]c2cccc(C)c12.I. The normalized spacial score (nSPS) is 11.4. The van der Waals surface area contributed by atoms with E-state index in [0.717, 1.165) is 38.4 Å². The number of nitrogens with one attached hydrogen (secondary N) is 3. The number of fused-ring (bicyclic) bond motifs is 1. The minimum Gasteiger partial charge on any atom is -0.361 e. The number of halogens is 1. The quantitative estimate of drug-likeness (QED) is 0.217. The summed E-state index contributed by atoms with van der Waals surface area (Å²) in [6.07, 6.45) is 7.86. The zero-order valence-corrected chi connectivity index (χ0v) is 17.7. The summed E-state index contributed by atoms with van der Waals surface area (Å²) in [5, 5.41) is 12.3. The number of hydrogen-bond acceptors (Lipinski definition) is 2. The first-order valence-electron chi connectivity index (χ1n) is 8.75. The highest BCUT2D eigenvalue weighted by Gasteiger charge is 2.06. The number of H-pyrrole nitrogens is 1. The van der Waals surface area contributed by atoms with Crippen molar-refractivity contribution in [2.75, 3.05) is 20.1 Å².